The van der Waals surface area contributed by atoms with Gasteiger partial charge in [0.05, 0.1) is 13.2 Å². The highest BCUT2D eigenvalue weighted by atomic mass is 16.5. The first kappa shape index (κ1) is 16.1. The molecule has 0 fully saturated rings. The molecule has 0 spiro atoms. The van der Waals surface area contributed by atoms with E-state index in [2.05, 4.69) is 5.16 Å². The Morgan fingerprint density at radius 3 is 2.60 bits per heavy atom. The largest absolute Gasteiger partial charge is 0.490 e. The smallest absolute Gasteiger partial charge is 0.170 e. The van der Waals surface area contributed by atoms with Gasteiger partial charge in [-0.15, -0.1) is 0 Å². The molecular weight excluding hydrogens is 260 g/mol. The number of hydrogen-bond acceptors (Lipinski definition) is 5. The average Bonchev–Trinajstić information content (AvgIpc) is 2.47. The average molecular weight is 282 g/mol. The van der Waals surface area contributed by atoms with E-state index in [4.69, 9.17) is 25.2 Å². The van der Waals surface area contributed by atoms with Crippen LogP contribution in [-0.2, 0) is 4.74 Å². The van der Waals surface area contributed by atoms with Crippen molar-refractivity contribution in [3.05, 3.63) is 23.8 Å². The number of oxime groups is 1. The summed E-state index contributed by atoms with van der Waals surface area (Å²) in [5, 5.41) is 11.6. The van der Waals surface area contributed by atoms with E-state index in [1.807, 2.05) is 13.8 Å². The van der Waals surface area contributed by atoms with Crippen molar-refractivity contribution in [3.8, 4) is 11.5 Å². The van der Waals surface area contributed by atoms with Crippen LogP contribution in [0.2, 0.25) is 0 Å². The molecule has 0 atom stereocenters. The zero-order chi connectivity index (χ0) is 14.8. The molecule has 0 saturated carbocycles. The van der Waals surface area contributed by atoms with Gasteiger partial charge in [0.2, 0.25) is 0 Å². The van der Waals surface area contributed by atoms with Gasteiger partial charge in [0.25, 0.3) is 0 Å². The molecule has 0 aliphatic rings. The van der Waals surface area contributed by atoms with Gasteiger partial charge in [-0.3, -0.25) is 0 Å². The van der Waals surface area contributed by atoms with Crippen LogP contribution in [0.5, 0.6) is 11.5 Å². The van der Waals surface area contributed by atoms with Gasteiger partial charge in [-0.1, -0.05) is 5.16 Å². The van der Waals surface area contributed by atoms with Gasteiger partial charge in [0.1, 0.15) is 0 Å². The van der Waals surface area contributed by atoms with Crippen LogP contribution in [0, 0.1) is 0 Å². The predicted octanol–water partition coefficient (Wildman–Crippen LogP) is 1.99. The Labute approximate surface area is 119 Å². The van der Waals surface area contributed by atoms with E-state index in [9.17, 15) is 0 Å². The fourth-order valence-electron chi connectivity index (χ4n) is 1.60. The lowest BCUT2D eigenvalue weighted by Crippen LogP contribution is -2.13. The first-order valence-electron chi connectivity index (χ1n) is 6.68. The zero-order valence-corrected chi connectivity index (χ0v) is 12.0. The molecule has 0 unspecified atom stereocenters. The van der Waals surface area contributed by atoms with Gasteiger partial charge < -0.3 is 25.2 Å². The maximum Gasteiger partial charge on any atom is 0.170 e. The summed E-state index contributed by atoms with van der Waals surface area (Å²) in [6.45, 7) is 6.27. The van der Waals surface area contributed by atoms with Crippen molar-refractivity contribution in [3.63, 3.8) is 0 Å². The minimum atomic E-state index is 0.0360. The normalized spacial score (nSPS) is 11.4. The van der Waals surface area contributed by atoms with Crippen molar-refractivity contribution in [1.82, 2.24) is 0 Å². The maximum atomic E-state index is 8.68. The van der Waals surface area contributed by atoms with E-state index in [0.717, 1.165) is 6.42 Å². The van der Waals surface area contributed by atoms with Crippen molar-refractivity contribution in [1.29, 1.82) is 0 Å². The third-order valence-electron chi connectivity index (χ3n) is 2.54. The Balaban J connectivity index is 2.69. The van der Waals surface area contributed by atoms with Crippen molar-refractivity contribution in [2.24, 2.45) is 10.9 Å². The minimum absolute atomic E-state index is 0.0360. The molecule has 0 aliphatic carbocycles. The maximum absolute atomic E-state index is 8.68. The summed E-state index contributed by atoms with van der Waals surface area (Å²) >= 11 is 0. The van der Waals surface area contributed by atoms with Crippen LogP contribution in [0.3, 0.4) is 0 Å². The highest BCUT2D eigenvalue weighted by molar-refractivity contribution is 5.97. The summed E-state index contributed by atoms with van der Waals surface area (Å²) < 4.78 is 16.4. The molecule has 0 bridgehead atoms. The number of amidine groups is 1. The molecular formula is C14H22N2O4. The van der Waals surface area contributed by atoms with Crippen LogP contribution >= 0.6 is 0 Å². The number of ether oxygens (including phenoxy) is 3. The number of nitrogens with two attached hydrogens (primary N) is 1. The fourth-order valence-corrected chi connectivity index (χ4v) is 1.60. The van der Waals surface area contributed by atoms with Crippen LogP contribution in [0.4, 0.5) is 0 Å². The summed E-state index contributed by atoms with van der Waals surface area (Å²) in [7, 11) is 0. The van der Waals surface area contributed by atoms with E-state index >= 15 is 0 Å². The van der Waals surface area contributed by atoms with Crippen molar-refractivity contribution >= 4 is 5.84 Å². The molecule has 0 saturated heterocycles. The fraction of sp³-hybridized carbons (Fsp3) is 0.500. The van der Waals surface area contributed by atoms with Gasteiger partial charge in [0, 0.05) is 25.2 Å². The van der Waals surface area contributed by atoms with Crippen LogP contribution in [0.15, 0.2) is 23.4 Å². The van der Waals surface area contributed by atoms with Crippen LogP contribution < -0.4 is 15.2 Å². The van der Waals surface area contributed by atoms with Gasteiger partial charge in [0.15, 0.2) is 17.3 Å². The van der Waals surface area contributed by atoms with E-state index in [1.165, 1.54) is 0 Å². The van der Waals surface area contributed by atoms with Gasteiger partial charge >= 0.3 is 0 Å². The molecule has 1 aromatic rings. The summed E-state index contributed by atoms with van der Waals surface area (Å²) in [5.74, 6) is 1.25. The van der Waals surface area contributed by atoms with E-state index in [1.54, 1.807) is 18.2 Å². The monoisotopic (exact) mass is 282 g/mol. The molecule has 0 aliphatic heterocycles. The molecule has 1 aromatic carbocycles. The van der Waals surface area contributed by atoms with Crippen molar-refractivity contribution in [2.75, 3.05) is 26.4 Å². The number of rotatable bonds is 9. The van der Waals surface area contributed by atoms with E-state index in [0.29, 0.717) is 43.5 Å². The first-order valence-corrected chi connectivity index (χ1v) is 6.68. The number of benzene rings is 1. The Hall–Kier alpha value is -1.95. The zero-order valence-electron chi connectivity index (χ0n) is 12.0. The number of hydrogen-bond donors (Lipinski definition) is 2. The van der Waals surface area contributed by atoms with Crippen LogP contribution in [0.25, 0.3) is 0 Å². The molecule has 3 N–H and O–H groups in total. The Kier molecular flexibility index (Phi) is 7.27. The second-order valence-electron chi connectivity index (χ2n) is 3.98. The molecule has 0 radical (unpaired) electrons. The Morgan fingerprint density at radius 1 is 1.15 bits per heavy atom. The molecule has 0 heterocycles. The highest BCUT2D eigenvalue weighted by Crippen LogP contribution is 2.28. The molecule has 6 nitrogen and oxygen atoms in total. The molecule has 6 heteroatoms. The lowest BCUT2D eigenvalue weighted by atomic mass is 10.2. The molecule has 112 valence electrons. The highest BCUT2D eigenvalue weighted by Gasteiger charge is 2.08. The third kappa shape index (κ3) is 4.97. The quantitative estimate of drug-likeness (QED) is 0.238. The lowest BCUT2D eigenvalue weighted by Gasteiger charge is -2.13. The summed E-state index contributed by atoms with van der Waals surface area (Å²) in [4.78, 5) is 0. The second-order valence-corrected chi connectivity index (χ2v) is 3.98. The topological polar surface area (TPSA) is 86.3 Å². The molecule has 1 rings (SSSR count). The van der Waals surface area contributed by atoms with E-state index in [-0.39, 0.29) is 5.84 Å². The summed E-state index contributed by atoms with van der Waals surface area (Å²) in [5.41, 5.74) is 6.13. The molecule has 0 aromatic heterocycles. The number of nitrogens with zero attached hydrogens (tertiary/aromatic N) is 1. The van der Waals surface area contributed by atoms with Crippen LogP contribution in [0.1, 0.15) is 25.8 Å². The minimum Gasteiger partial charge on any atom is -0.490 e. The Morgan fingerprint density at radius 2 is 1.95 bits per heavy atom. The standard InChI is InChI=1S/C14H22N2O4/c1-3-18-8-5-9-20-12-7-6-11(14(15)16-17)10-13(12)19-4-2/h6-7,10,17H,3-5,8-9H2,1-2H3,(H2,15,16). The van der Waals surface area contributed by atoms with E-state index < -0.39 is 0 Å². The first-order chi connectivity index (χ1) is 9.72. The van der Waals surface area contributed by atoms with Gasteiger partial charge in [-0.2, -0.15) is 0 Å². The van der Waals surface area contributed by atoms with Crippen LogP contribution in [-0.4, -0.2) is 37.5 Å². The predicted molar refractivity (Wildman–Crippen MR) is 76.7 cm³/mol. The lowest BCUT2D eigenvalue weighted by molar-refractivity contribution is 0.130. The van der Waals surface area contributed by atoms with Gasteiger partial charge in [-0.05, 0) is 32.0 Å². The summed E-state index contributed by atoms with van der Waals surface area (Å²) in [6.07, 6.45) is 0.807. The Bertz CT molecular complexity index is 435. The molecule has 20 heavy (non-hydrogen) atoms. The summed E-state index contributed by atoms with van der Waals surface area (Å²) in [6, 6.07) is 5.16. The second kappa shape index (κ2) is 9.03. The van der Waals surface area contributed by atoms with Crippen molar-refractivity contribution < 1.29 is 19.4 Å². The van der Waals surface area contributed by atoms with Crippen molar-refractivity contribution in [2.45, 2.75) is 20.3 Å². The van der Waals surface area contributed by atoms with Gasteiger partial charge in [-0.25, -0.2) is 0 Å². The SMILES string of the molecule is CCOCCCOc1ccc(C(N)=NO)cc1OCC. The third-order valence-corrected chi connectivity index (χ3v) is 2.54. The molecule has 0 amide bonds.